The van der Waals surface area contributed by atoms with Crippen LogP contribution in [0.5, 0.6) is 0 Å². The molecule has 2 unspecified atom stereocenters. The number of benzene rings is 1. The molecule has 0 aliphatic carbocycles. The highest BCUT2D eigenvalue weighted by Gasteiger charge is 2.21. The topological polar surface area (TPSA) is 38.9 Å². The molecule has 0 aliphatic heterocycles. The molecular formula is C13H15BrN2S2. The lowest BCUT2D eigenvalue weighted by molar-refractivity contribution is 0.634. The quantitative estimate of drug-likeness (QED) is 0.814. The van der Waals surface area contributed by atoms with Gasteiger partial charge in [0.15, 0.2) is 0 Å². The minimum absolute atomic E-state index is 0.133. The number of rotatable bonds is 5. The summed E-state index contributed by atoms with van der Waals surface area (Å²) in [6.07, 6.45) is 2.79. The Labute approximate surface area is 124 Å². The second-order valence-corrected chi connectivity index (χ2v) is 7.16. The molecule has 2 nitrogen and oxygen atoms in total. The summed E-state index contributed by atoms with van der Waals surface area (Å²) < 4.78 is 2.16. The standard InChI is InChI=1S/C13H15BrN2S2/c1-2-11(15)12(18-13-16-6-7-17-13)9-4-3-5-10(14)8-9/h3-8,11-12H,2,15H2,1H3. The predicted molar refractivity (Wildman–Crippen MR) is 83.1 cm³/mol. The van der Waals surface area contributed by atoms with Gasteiger partial charge in [-0.3, -0.25) is 0 Å². The van der Waals surface area contributed by atoms with Crippen LogP contribution in [-0.2, 0) is 0 Å². The Morgan fingerprint density at radius 2 is 2.33 bits per heavy atom. The maximum Gasteiger partial charge on any atom is 0.150 e. The molecule has 1 aromatic heterocycles. The number of thiazole rings is 1. The summed E-state index contributed by atoms with van der Waals surface area (Å²) in [7, 11) is 0. The van der Waals surface area contributed by atoms with Crippen LogP contribution in [0.25, 0.3) is 0 Å². The molecular weight excluding hydrogens is 328 g/mol. The summed E-state index contributed by atoms with van der Waals surface area (Å²) in [5.74, 6) is 0. The molecule has 0 aliphatic rings. The van der Waals surface area contributed by atoms with Gasteiger partial charge in [-0.15, -0.1) is 11.3 Å². The van der Waals surface area contributed by atoms with E-state index < -0.39 is 0 Å². The minimum Gasteiger partial charge on any atom is -0.326 e. The Balaban J connectivity index is 2.25. The Morgan fingerprint density at radius 3 is 2.94 bits per heavy atom. The largest absolute Gasteiger partial charge is 0.326 e. The molecule has 2 rings (SSSR count). The monoisotopic (exact) mass is 342 g/mol. The van der Waals surface area contributed by atoms with Crippen molar-refractivity contribution < 1.29 is 0 Å². The molecule has 0 fully saturated rings. The zero-order chi connectivity index (χ0) is 13.0. The zero-order valence-corrected chi connectivity index (χ0v) is 13.3. The second-order valence-electron chi connectivity index (χ2n) is 3.96. The molecule has 2 aromatic rings. The highest BCUT2D eigenvalue weighted by atomic mass is 79.9. The fourth-order valence-corrected chi connectivity index (χ4v) is 4.14. The van der Waals surface area contributed by atoms with Crippen molar-refractivity contribution in [3.8, 4) is 0 Å². The van der Waals surface area contributed by atoms with Gasteiger partial charge in [-0.2, -0.15) is 0 Å². The van der Waals surface area contributed by atoms with Gasteiger partial charge in [0.25, 0.3) is 0 Å². The van der Waals surface area contributed by atoms with Crippen molar-refractivity contribution in [2.75, 3.05) is 0 Å². The average Bonchev–Trinajstić information content (AvgIpc) is 2.88. The van der Waals surface area contributed by atoms with Gasteiger partial charge in [0.2, 0.25) is 0 Å². The van der Waals surface area contributed by atoms with Crippen LogP contribution in [0.2, 0.25) is 0 Å². The minimum atomic E-state index is 0.133. The highest BCUT2D eigenvalue weighted by Crippen LogP contribution is 2.39. The molecule has 96 valence electrons. The van der Waals surface area contributed by atoms with Crippen molar-refractivity contribution >= 4 is 39.0 Å². The lowest BCUT2D eigenvalue weighted by atomic mass is 10.0. The fourth-order valence-electron chi connectivity index (χ4n) is 1.68. The van der Waals surface area contributed by atoms with E-state index in [-0.39, 0.29) is 11.3 Å². The highest BCUT2D eigenvalue weighted by molar-refractivity contribution is 9.10. The second kappa shape index (κ2) is 6.70. The molecule has 0 saturated heterocycles. The van der Waals surface area contributed by atoms with Crippen molar-refractivity contribution in [2.24, 2.45) is 5.73 Å². The molecule has 0 saturated carbocycles. The number of hydrogen-bond acceptors (Lipinski definition) is 4. The summed E-state index contributed by atoms with van der Waals surface area (Å²) >= 11 is 6.93. The van der Waals surface area contributed by atoms with E-state index >= 15 is 0 Å². The lowest BCUT2D eigenvalue weighted by Crippen LogP contribution is -2.25. The third-order valence-electron chi connectivity index (χ3n) is 2.67. The van der Waals surface area contributed by atoms with Crippen molar-refractivity contribution in [1.29, 1.82) is 0 Å². The molecule has 0 spiro atoms. The Kier molecular flexibility index (Phi) is 5.24. The SMILES string of the molecule is CCC(N)C(Sc1nccs1)c1cccc(Br)c1. The van der Waals surface area contributed by atoms with Crippen LogP contribution in [0.1, 0.15) is 24.2 Å². The van der Waals surface area contributed by atoms with Gasteiger partial charge in [-0.1, -0.05) is 46.7 Å². The number of nitrogens with two attached hydrogens (primary N) is 1. The van der Waals surface area contributed by atoms with E-state index in [0.29, 0.717) is 0 Å². The molecule has 0 radical (unpaired) electrons. The smallest absolute Gasteiger partial charge is 0.150 e. The summed E-state index contributed by atoms with van der Waals surface area (Å²) in [5, 5.41) is 2.25. The Bertz CT molecular complexity index is 487. The van der Waals surface area contributed by atoms with E-state index in [1.807, 2.05) is 17.6 Å². The zero-order valence-electron chi connectivity index (χ0n) is 10.0. The molecule has 0 amide bonds. The molecule has 5 heteroatoms. The maximum atomic E-state index is 6.26. The summed E-state index contributed by atoms with van der Waals surface area (Å²) in [5.41, 5.74) is 7.51. The summed E-state index contributed by atoms with van der Waals surface area (Å²) in [4.78, 5) is 4.33. The van der Waals surface area contributed by atoms with Gasteiger partial charge in [0, 0.05) is 22.1 Å². The molecule has 18 heavy (non-hydrogen) atoms. The van der Waals surface area contributed by atoms with E-state index in [2.05, 4.69) is 46.0 Å². The van der Waals surface area contributed by atoms with E-state index in [9.17, 15) is 0 Å². The van der Waals surface area contributed by atoms with E-state index in [1.165, 1.54) is 5.56 Å². The van der Waals surface area contributed by atoms with Crippen LogP contribution in [-0.4, -0.2) is 11.0 Å². The first-order chi connectivity index (χ1) is 8.70. The Hall–Kier alpha value is -0.360. The van der Waals surface area contributed by atoms with E-state index in [0.717, 1.165) is 15.2 Å². The predicted octanol–water partition coefficient (Wildman–Crippen LogP) is 4.48. The van der Waals surface area contributed by atoms with Gasteiger partial charge in [-0.25, -0.2) is 4.98 Å². The molecule has 2 N–H and O–H groups in total. The summed E-state index contributed by atoms with van der Waals surface area (Å²) in [6.45, 7) is 2.12. The first-order valence-electron chi connectivity index (χ1n) is 5.78. The van der Waals surface area contributed by atoms with Crippen LogP contribution in [0.15, 0.2) is 44.7 Å². The number of aromatic nitrogens is 1. The van der Waals surface area contributed by atoms with Crippen molar-refractivity contribution in [1.82, 2.24) is 4.98 Å². The van der Waals surface area contributed by atoms with Crippen molar-refractivity contribution in [2.45, 2.75) is 29.0 Å². The Morgan fingerprint density at radius 1 is 1.50 bits per heavy atom. The van der Waals surface area contributed by atoms with Crippen LogP contribution < -0.4 is 5.73 Å². The fraction of sp³-hybridized carbons (Fsp3) is 0.308. The van der Waals surface area contributed by atoms with E-state index in [4.69, 9.17) is 5.73 Å². The van der Waals surface area contributed by atoms with Crippen LogP contribution >= 0.6 is 39.0 Å². The van der Waals surface area contributed by atoms with Gasteiger partial charge < -0.3 is 5.73 Å². The molecule has 0 bridgehead atoms. The van der Waals surface area contributed by atoms with Crippen molar-refractivity contribution in [3.05, 3.63) is 45.9 Å². The van der Waals surface area contributed by atoms with Gasteiger partial charge in [0.1, 0.15) is 4.34 Å². The van der Waals surface area contributed by atoms with Gasteiger partial charge >= 0.3 is 0 Å². The van der Waals surface area contributed by atoms with Crippen LogP contribution in [0.4, 0.5) is 0 Å². The molecule has 2 atom stereocenters. The first kappa shape index (κ1) is 14.1. The average molecular weight is 343 g/mol. The third kappa shape index (κ3) is 3.57. The normalized spacial score (nSPS) is 14.4. The number of thioether (sulfide) groups is 1. The lowest BCUT2D eigenvalue weighted by Gasteiger charge is -2.22. The van der Waals surface area contributed by atoms with Crippen LogP contribution in [0.3, 0.4) is 0 Å². The van der Waals surface area contributed by atoms with Crippen molar-refractivity contribution in [3.63, 3.8) is 0 Å². The molecule has 1 aromatic carbocycles. The van der Waals surface area contributed by atoms with Gasteiger partial charge in [-0.05, 0) is 24.1 Å². The van der Waals surface area contributed by atoms with Crippen LogP contribution in [0, 0.1) is 0 Å². The van der Waals surface area contributed by atoms with E-state index in [1.54, 1.807) is 23.1 Å². The number of nitrogens with zero attached hydrogens (tertiary/aromatic N) is 1. The maximum absolute atomic E-state index is 6.26. The van der Waals surface area contributed by atoms with Gasteiger partial charge in [0.05, 0.1) is 5.25 Å². The third-order valence-corrected chi connectivity index (χ3v) is 5.49. The number of hydrogen-bond donors (Lipinski definition) is 1. The first-order valence-corrected chi connectivity index (χ1v) is 8.33. The molecule has 1 heterocycles. The number of halogens is 1. The summed E-state index contributed by atoms with van der Waals surface area (Å²) in [6, 6.07) is 8.49.